The van der Waals surface area contributed by atoms with E-state index in [9.17, 15) is 24.4 Å². The van der Waals surface area contributed by atoms with Gasteiger partial charge < -0.3 is 25.6 Å². The SMILES string of the molecule is CC1CC(C#N)N(C(=O)C(CN2C[C@@H]3CC2C(=O)N3c2cccc(C(N)=O)c2)NC(=O)OC(C)(C)C)C1. The van der Waals surface area contributed by atoms with E-state index in [1.165, 1.54) is 4.90 Å². The highest BCUT2D eigenvalue weighted by Gasteiger charge is 2.51. The largest absolute Gasteiger partial charge is 0.444 e. The molecule has 0 radical (unpaired) electrons. The summed E-state index contributed by atoms with van der Waals surface area (Å²) in [4.78, 5) is 56.2. The number of hydrogen-bond donors (Lipinski definition) is 2. The second kappa shape index (κ2) is 10.0. The van der Waals surface area contributed by atoms with Gasteiger partial charge in [-0.25, -0.2) is 4.79 Å². The van der Waals surface area contributed by atoms with Crippen molar-refractivity contribution in [2.24, 2.45) is 11.7 Å². The lowest BCUT2D eigenvalue weighted by Gasteiger charge is -2.36. The minimum absolute atomic E-state index is 0.114. The lowest BCUT2D eigenvalue weighted by atomic mass is 10.1. The number of nitriles is 1. The Bertz CT molecular complexity index is 1140. The van der Waals surface area contributed by atoms with Crippen molar-refractivity contribution in [1.29, 1.82) is 5.26 Å². The van der Waals surface area contributed by atoms with Gasteiger partial charge in [-0.05, 0) is 57.7 Å². The van der Waals surface area contributed by atoms with Crippen LogP contribution in [0, 0.1) is 17.2 Å². The van der Waals surface area contributed by atoms with Crippen LogP contribution < -0.4 is 16.0 Å². The first-order valence-electron chi connectivity index (χ1n) is 12.5. The van der Waals surface area contributed by atoms with Crippen molar-refractivity contribution in [3.05, 3.63) is 29.8 Å². The van der Waals surface area contributed by atoms with Crippen molar-refractivity contribution >= 4 is 29.5 Å². The molecule has 3 fully saturated rings. The van der Waals surface area contributed by atoms with Crippen molar-refractivity contribution in [1.82, 2.24) is 15.1 Å². The zero-order valence-corrected chi connectivity index (χ0v) is 21.6. The summed E-state index contributed by atoms with van der Waals surface area (Å²) in [6.45, 7) is 8.22. The topological polar surface area (TPSA) is 149 Å². The number of nitrogens with zero attached hydrogens (tertiary/aromatic N) is 4. The molecule has 11 nitrogen and oxygen atoms in total. The maximum absolute atomic E-state index is 13.6. The van der Waals surface area contributed by atoms with Crippen LogP contribution in [0.2, 0.25) is 0 Å². The third-order valence-corrected chi connectivity index (χ3v) is 7.03. The van der Waals surface area contributed by atoms with Crippen LogP contribution in [0.25, 0.3) is 0 Å². The summed E-state index contributed by atoms with van der Waals surface area (Å²) in [6.07, 6.45) is 0.412. The minimum atomic E-state index is -0.977. The molecule has 0 aromatic heterocycles. The standard InChI is InChI=1S/C26H34N6O5/c1-15-8-18(11-27)31(12-15)23(34)20(29-25(36)37-26(2,3)4)14-30-13-19-10-21(30)24(35)32(19)17-7-5-6-16(9-17)22(28)33/h5-7,9,15,18-21H,8,10,12-14H2,1-4H3,(H2,28,33)(H,29,36)/t15?,18?,19-,20?,21?/m0/s1. The fourth-order valence-corrected chi connectivity index (χ4v) is 5.49. The molecule has 4 rings (SSSR count). The molecule has 2 bridgehead atoms. The van der Waals surface area contributed by atoms with Gasteiger partial charge in [0.15, 0.2) is 0 Å². The Labute approximate surface area is 216 Å². The molecule has 0 aliphatic carbocycles. The highest BCUT2D eigenvalue weighted by Crippen LogP contribution is 2.36. The molecule has 5 atom stereocenters. The summed E-state index contributed by atoms with van der Waals surface area (Å²) in [7, 11) is 0. The van der Waals surface area contributed by atoms with E-state index in [-0.39, 0.29) is 30.3 Å². The first-order chi connectivity index (χ1) is 17.4. The van der Waals surface area contributed by atoms with E-state index in [2.05, 4.69) is 11.4 Å². The number of amides is 4. The number of carbonyl (C=O) groups excluding carboxylic acids is 4. The average Bonchev–Trinajstić information content (AvgIpc) is 3.49. The molecule has 3 aliphatic rings. The number of benzene rings is 1. The zero-order valence-electron chi connectivity index (χ0n) is 21.6. The van der Waals surface area contributed by atoms with Gasteiger partial charge in [0.1, 0.15) is 17.7 Å². The molecule has 1 aromatic carbocycles. The van der Waals surface area contributed by atoms with Gasteiger partial charge in [0.2, 0.25) is 17.7 Å². The maximum atomic E-state index is 13.6. The number of anilines is 1. The second-order valence-corrected chi connectivity index (χ2v) is 11.2. The summed E-state index contributed by atoms with van der Waals surface area (Å²) < 4.78 is 5.39. The number of nitrogens with two attached hydrogens (primary N) is 1. The third-order valence-electron chi connectivity index (χ3n) is 7.03. The van der Waals surface area contributed by atoms with Gasteiger partial charge in [-0.2, -0.15) is 5.26 Å². The summed E-state index contributed by atoms with van der Waals surface area (Å²) in [6, 6.07) is 6.71. The van der Waals surface area contributed by atoms with Crippen molar-refractivity contribution in [3.8, 4) is 6.07 Å². The molecule has 4 unspecified atom stereocenters. The van der Waals surface area contributed by atoms with Gasteiger partial charge in [-0.15, -0.1) is 0 Å². The lowest BCUT2D eigenvalue weighted by Crippen LogP contribution is -2.59. The number of rotatable bonds is 6. The van der Waals surface area contributed by atoms with Crippen LogP contribution in [0.3, 0.4) is 0 Å². The summed E-state index contributed by atoms with van der Waals surface area (Å²) >= 11 is 0. The molecule has 0 saturated carbocycles. The van der Waals surface area contributed by atoms with Crippen LogP contribution in [-0.4, -0.2) is 83.0 Å². The average molecular weight is 511 g/mol. The summed E-state index contributed by atoms with van der Waals surface area (Å²) in [5.74, 6) is -0.888. The number of fused-ring (bicyclic) bond motifs is 2. The number of ether oxygens (including phenoxy) is 1. The van der Waals surface area contributed by atoms with E-state index in [0.29, 0.717) is 37.2 Å². The van der Waals surface area contributed by atoms with Gasteiger partial charge in [-0.1, -0.05) is 13.0 Å². The van der Waals surface area contributed by atoms with Crippen LogP contribution in [0.1, 0.15) is 50.9 Å². The van der Waals surface area contributed by atoms with Crippen LogP contribution >= 0.6 is 0 Å². The first kappa shape index (κ1) is 26.4. The number of piperazine rings is 1. The highest BCUT2D eigenvalue weighted by atomic mass is 16.6. The van der Waals surface area contributed by atoms with Gasteiger partial charge in [0.05, 0.1) is 18.2 Å². The van der Waals surface area contributed by atoms with E-state index >= 15 is 0 Å². The fourth-order valence-electron chi connectivity index (χ4n) is 5.49. The number of hydrogen-bond acceptors (Lipinski definition) is 7. The van der Waals surface area contributed by atoms with Crippen molar-refractivity contribution in [2.75, 3.05) is 24.5 Å². The molecular formula is C26H34N6O5. The Morgan fingerprint density at radius 2 is 1.97 bits per heavy atom. The predicted molar refractivity (Wildman–Crippen MR) is 134 cm³/mol. The monoisotopic (exact) mass is 510 g/mol. The molecule has 3 aliphatic heterocycles. The zero-order chi connectivity index (χ0) is 27.1. The first-order valence-corrected chi connectivity index (χ1v) is 12.5. The molecule has 198 valence electrons. The molecule has 1 aromatic rings. The molecular weight excluding hydrogens is 476 g/mol. The Balaban J connectivity index is 1.51. The normalized spacial score (nSPS) is 26.2. The van der Waals surface area contributed by atoms with Crippen LogP contribution in [0.15, 0.2) is 24.3 Å². The van der Waals surface area contributed by atoms with E-state index in [4.69, 9.17) is 10.5 Å². The molecule has 3 N–H and O–H groups in total. The fraction of sp³-hybridized carbons (Fsp3) is 0.577. The second-order valence-electron chi connectivity index (χ2n) is 11.2. The van der Waals surface area contributed by atoms with E-state index < -0.39 is 35.7 Å². The third kappa shape index (κ3) is 5.54. The van der Waals surface area contributed by atoms with E-state index in [1.54, 1.807) is 49.9 Å². The number of alkyl carbamates (subject to hydrolysis) is 1. The molecule has 0 spiro atoms. The quantitative estimate of drug-likeness (QED) is 0.584. The van der Waals surface area contributed by atoms with Crippen molar-refractivity contribution in [3.63, 3.8) is 0 Å². The Morgan fingerprint density at radius 1 is 1.24 bits per heavy atom. The predicted octanol–water partition coefficient (Wildman–Crippen LogP) is 1.23. The van der Waals surface area contributed by atoms with Crippen molar-refractivity contribution in [2.45, 2.75) is 70.3 Å². The van der Waals surface area contributed by atoms with Crippen molar-refractivity contribution < 1.29 is 23.9 Å². The summed E-state index contributed by atoms with van der Waals surface area (Å²) in [5, 5.41) is 12.3. The lowest BCUT2D eigenvalue weighted by molar-refractivity contribution is -0.135. The number of nitrogens with one attached hydrogen (secondary N) is 1. The number of carbonyl (C=O) groups is 4. The highest BCUT2D eigenvalue weighted by molar-refractivity contribution is 6.02. The summed E-state index contributed by atoms with van der Waals surface area (Å²) in [5.41, 5.74) is 5.58. The molecule has 3 saturated heterocycles. The molecule has 4 amide bonds. The Kier molecular flexibility index (Phi) is 7.15. The number of primary amides is 1. The van der Waals surface area contributed by atoms with Gasteiger partial charge in [0.25, 0.3) is 0 Å². The maximum Gasteiger partial charge on any atom is 0.408 e. The minimum Gasteiger partial charge on any atom is -0.444 e. The van der Waals surface area contributed by atoms with Crippen LogP contribution in [0.5, 0.6) is 0 Å². The smallest absolute Gasteiger partial charge is 0.408 e. The molecule has 11 heteroatoms. The van der Waals surface area contributed by atoms with Gasteiger partial charge in [-0.3, -0.25) is 19.3 Å². The molecule has 3 heterocycles. The van der Waals surface area contributed by atoms with Crippen LogP contribution in [0.4, 0.5) is 10.5 Å². The Morgan fingerprint density at radius 3 is 2.59 bits per heavy atom. The van der Waals surface area contributed by atoms with E-state index in [0.717, 1.165) is 0 Å². The van der Waals surface area contributed by atoms with Gasteiger partial charge >= 0.3 is 6.09 Å². The molecule has 37 heavy (non-hydrogen) atoms. The van der Waals surface area contributed by atoms with E-state index in [1.807, 2.05) is 11.8 Å². The number of likely N-dealkylation sites (tertiary alicyclic amines) is 2. The Hall–Kier alpha value is -3.65. The van der Waals surface area contributed by atoms with Crippen LogP contribution in [-0.2, 0) is 14.3 Å². The van der Waals surface area contributed by atoms with Gasteiger partial charge in [0, 0.05) is 30.9 Å².